The van der Waals surface area contributed by atoms with Crippen LogP contribution in [0.2, 0.25) is 0 Å². The summed E-state index contributed by atoms with van der Waals surface area (Å²) in [6, 6.07) is 0. The van der Waals surface area contributed by atoms with Crippen LogP contribution in [0.1, 0.15) is 26.7 Å². The Balaban J connectivity index is 0. The predicted octanol–water partition coefficient (Wildman–Crippen LogP) is -2.34. The Morgan fingerprint density at radius 2 is 2.09 bits per heavy atom. The van der Waals surface area contributed by atoms with Crippen LogP contribution in [0.3, 0.4) is 0 Å². The number of carboxylic acids is 1. The van der Waals surface area contributed by atoms with E-state index < -0.39 is 5.97 Å². The van der Waals surface area contributed by atoms with E-state index in [-0.39, 0.29) is 34.8 Å². The number of rotatable bonds is 5. The maximum absolute atomic E-state index is 10.3. The first-order valence-electron chi connectivity index (χ1n) is 3.54. The summed E-state index contributed by atoms with van der Waals surface area (Å²) in [6.45, 7) is 3.93. The van der Waals surface area contributed by atoms with Gasteiger partial charge in [-0.3, -0.25) is 0 Å². The first kappa shape index (κ1) is 14.3. The SMILES string of the molecule is CCCC(SCC)C(=O)[O-].[Na+]. The van der Waals surface area contributed by atoms with Gasteiger partial charge >= 0.3 is 29.6 Å². The van der Waals surface area contributed by atoms with Crippen molar-refractivity contribution in [3.8, 4) is 0 Å². The largest absolute Gasteiger partial charge is 1.00 e. The van der Waals surface area contributed by atoms with Crippen molar-refractivity contribution in [2.45, 2.75) is 31.9 Å². The van der Waals surface area contributed by atoms with E-state index in [0.29, 0.717) is 0 Å². The summed E-state index contributed by atoms with van der Waals surface area (Å²) in [5, 5.41) is 10.1. The molecule has 0 rings (SSSR count). The topological polar surface area (TPSA) is 40.1 Å². The van der Waals surface area contributed by atoms with Crippen molar-refractivity contribution < 1.29 is 39.5 Å². The number of aliphatic carboxylic acids is 1. The number of thioether (sulfide) groups is 1. The molecule has 0 saturated heterocycles. The van der Waals surface area contributed by atoms with E-state index in [4.69, 9.17) is 0 Å². The van der Waals surface area contributed by atoms with Gasteiger partial charge < -0.3 is 9.90 Å². The standard InChI is InChI=1S/C7H14O2S.Na/c1-3-5-6(7(8)9)10-4-2;/h6H,3-5H2,1-2H3,(H,8,9);/q;+1/p-1. The zero-order valence-corrected chi connectivity index (χ0v) is 10.2. The summed E-state index contributed by atoms with van der Waals surface area (Å²) < 4.78 is 0. The molecule has 0 saturated carbocycles. The number of hydrogen-bond acceptors (Lipinski definition) is 3. The summed E-state index contributed by atoms with van der Waals surface area (Å²) >= 11 is 1.45. The molecule has 11 heavy (non-hydrogen) atoms. The quantitative estimate of drug-likeness (QED) is 0.450. The summed E-state index contributed by atoms with van der Waals surface area (Å²) in [5.41, 5.74) is 0. The van der Waals surface area contributed by atoms with E-state index in [9.17, 15) is 9.90 Å². The summed E-state index contributed by atoms with van der Waals surface area (Å²) in [4.78, 5) is 10.3. The molecule has 0 radical (unpaired) electrons. The Labute approximate surface area is 94.4 Å². The predicted molar refractivity (Wildman–Crippen MR) is 41.8 cm³/mol. The molecule has 0 fully saturated rings. The van der Waals surface area contributed by atoms with Gasteiger partial charge in [-0.1, -0.05) is 20.3 Å². The minimum absolute atomic E-state index is 0. The maximum atomic E-state index is 10.3. The van der Waals surface area contributed by atoms with Gasteiger partial charge in [-0.15, -0.1) is 0 Å². The number of carbonyl (C=O) groups is 1. The van der Waals surface area contributed by atoms with Crippen LogP contribution in [0.4, 0.5) is 0 Å². The molecule has 0 aromatic rings. The molecule has 4 heteroatoms. The molecular formula is C7H13NaO2S. The summed E-state index contributed by atoms with van der Waals surface area (Å²) in [6.07, 6.45) is 1.63. The van der Waals surface area contributed by atoms with Crippen molar-refractivity contribution >= 4 is 17.7 Å². The Morgan fingerprint density at radius 1 is 1.55 bits per heavy atom. The molecule has 0 aromatic heterocycles. The molecule has 0 aromatic carbocycles. The van der Waals surface area contributed by atoms with Crippen molar-refractivity contribution in [1.82, 2.24) is 0 Å². The van der Waals surface area contributed by atoms with E-state index in [1.165, 1.54) is 11.8 Å². The fourth-order valence-corrected chi connectivity index (χ4v) is 1.67. The van der Waals surface area contributed by atoms with Gasteiger partial charge in [0.1, 0.15) is 0 Å². The monoisotopic (exact) mass is 184 g/mol. The number of hydrogen-bond donors (Lipinski definition) is 0. The third kappa shape index (κ3) is 7.19. The Kier molecular flexibility index (Phi) is 11.6. The molecule has 0 amide bonds. The molecule has 0 bridgehead atoms. The van der Waals surface area contributed by atoms with Gasteiger partial charge in [0.2, 0.25) is 0 Å². The van der Waals surface area contributed by atoms with E-state index in [1.54, 1.807) is 0 Å². The Morgan fingerprint density at radius 3 is 2.36 bits per heavy atom. The molecule has 0 aliphatic rings. The molecule has 0 aliphatic heterocycles. The Hall–Kier alpha value is 0.820. The van der Waals surface area contributed by atoms with Crippen LogP contribution in [0.15, 0.2) is 0 Å². The average Bonchev–Trinajstić information content (AvgIpc) is 1.87. The van der Waals surface area contributed by atoms with E-state index in [2.05, 4.69) is 0 Å². The van der Waals surface area contributed by atoms with Crippen LogP contribution in [-0.4, -0.2) is 17.0 Å². The first-order chi connectivity index (χ1) is 4.72. The third-order valence-electron chi connectivity index (χ3n) is 1.18. The second kappa shape index (κ2) is 8.91. The fourth-order valence-electron chi connectivity index (χ4n) is 0.733. The third-order valence-corrected chi connectivity index (χ3v) is 2.35. The minimum Gasteiger partial charge on any atom is -0.549 e. The molecule has 0 aliphatic carbocycles. The van der Waals surface area contributed by atoms with Gasteiger partial charge in [0.15, 0.2) is 0 Å². The number of carbonyl (C=O) groups excluding carboxylic acids is 1. The average molecular weight is 184 g/mol. The smallest absolute Gasteiger partial charge is 0.549 e. The zero-order chi connectivity index (χ0) is 7.98. The van der Waals surface area contributed by atoms with Gasteiger partial charge in [-0.2, -0.15) is 11.8 Å². The van der Waals surface area contributed by atoms with Gasteiger partial charge in [0, 0.05) is 5.25 Å². The molecule has 0 spiro atoms. The van der Waals surface area contributed by atoms with Crippen LogP contribution < -0.4 is 34.7 Å². The molecule has 1 atom stereocenters. The van der Waals surface area contributed by atoms with E-state index in [1.807, 2.05) is 13.8 Å². The van der Waals surface area contributed by atoms with Crippen LogP contribution in [0, 0.1) is 0 Å². The second-order valence-corrected chi connectivity index (χ2v) is 3.53. The summed E-state index contributed by atoms with van der Waals surface area (Å²) in [5.74, 6) is -0.0766. The van der Waals surface area contributed by atoms with E-state index >= 15 is 0 Å². The molecule has 1 unspecified atom stereocenters. The zero-order valence-electron chi connectivity index (χ0n) is 7.42. The number of carboxylic acid groups (broad SMARTS) is 1. The van der Waals surface area contributed by atoms with Crippen molar-refractivity contribution in [2.75, 3.05) is 5.75 Å². The van der Waals surface area contributed by atoms with Gasteiger partial charge in [0.25, 0.3) is 0 Å². The van der Waals surface area contributed by atoms with Crippen molar-refractivity contribution in [2.24, 2.45) is 0 Å². The molecular weight excluding hydrogens is 171 g/mol. The van der Waals surface area contributed by atoms with Gasteiger partial charge in [-0.05, 0) is 12.2 Å². The van der Waals surface area contributed by atoms with E-state index in [0.717, 1.165) is 18.6 Å². The second-order valence-electron chi connectivity index (χ2n) is 2.05. The van der Waals surface area contributed by atoms with Crippen LogP contribution >= 0.6 is 11.8 Å². The van der Waals surface area contributed by atoms with Gasteiger partial charge in [0.05, 0.1) is 5.97 Å². The van der Waals surface area contributed by atoms with Crippen molar-refractivity contribution in [3.05, 3.63) is 0 Å². The van der Waals surface area contributed by atoms with Crippen molar-refractivity contribution in [1.29, 1.82) is 0 Å². The normalized spacial score (nSPS) is 11.8. The molecule has 2 nitrogen and oxygen atoms in total. The Bertz CT molecular complexity index is 103. The molecule has 60 valence electrons. The first-order valence-corrected chi connectivity index (χ1v) is 4.59. The van der Waals surface area contributed by atoms with Crippen LogP contribution in [0.5, 0.6) is 0 Å². The summed E-state index contributed by atoms with van der Waals surface area (Å²) in [7, 11) is 0. The molecule has 0 N–H and O–H groups in total. The van der Waals surface area contributed by atoms with Crippen LogP contribution in [0.25, 0.3) is 0 Å². The fraction of sp³-hybridized carbons (Fsp3) is 0.857. The molecule has 0 heterocycles. The maximum Gasteiger partial charge on any atom is 1.00 e. The minimum atomic E-state index is -0.922. The van der Waals surface area contributed by atoms with Gasteiger partial charge in [-0.25, -0.2) is 0 Å². The van der Waals surface area contributed by atoms with Crippen molar-refractivity contribution in [3.63, 3.8) is 0 Å². The van der Waals surface area contributed by atoms with Crippen LogP contribution in [-0.2, 0) is 4.79 Å².